The summed E-state index contributed by atoms with van der Waals surface area (Å²) in [6, 6.07) is 7.16. The van der Waals surface area contributed by atoms with E-state index in [0.29, 0.717) is 10.9 Å². The van der Waals surface area contributed by atoms with Crippen molar-refractivity contribution < 1.29 is 20.1 Å². The van der Waals surface area contributed by atoms with Crippen LogP contribution < -0.4 is 5.73 Å². The lowest BCUT2D eigenvalue weighted by molar-refractivity contribution is -0.210. The van der Waals surface area contributed by atoms with Gasteiger partial charge in [0.2, 0.25) is 4.77 Å². The lowest BCUT2D eigenvalue weighted by Gasteiger charge is -2.36. The number of benzene rings is 1. The molecular formula is C13H15N3O4S. The molecule has 2 aromatic rings. The Labute approximate surface area is 125 Å². The quantitative estimate of drug-likeness (QED) is 0.547. The number of aromatic nitrogens is 2. The van der Waals surface area contributed by atoms with Gasteiger partial charge in [-0.3, -0.25) is 4.57 Å². The first-order chi connectivity index (χ1) is 10.0. The number of nitrogens with zero attached hydrogens (tertiary/aromatic N) is 2. The predicted octanol–water partition coefficient (Wildman–Crippen LogP) is -0.0405. The molecule has 0 spiro atoms. The van der Waals surface area contributed by atoms with Crippen LogP contribution in [0.25, 0.3) is 10.9 Å². The second kappa shape index (κ2) is 5.32. The molecule has 7 nitrogen and oxygen atoms in total. The Balaban J connectivity index is 2.19. The SMILES string of the molecule is Nc1nc(=S)n(C2OCC(O)C(O)C2O)c2ccccc12. The van der Waals surface area contributed by atoms with Crippen molar-refractivity contribution in [1.82, 2.24) is 9.55 Å². The smallest absolute Gasteiger partial charge is 0.204 e. The molecule has 1 aliphatic heterocycles. The molecule has 1 aromatic heterocycles. The molecule has 1 fully saturated rings. The summed E-state index contributed by atoms with van der Waals surface area (Å²) in [4.78, 5) is 4.08. The molecule has 3 rings (SSSR count). The maximum absolute atomic E-state index is 10.2. The summed E-state index contributed by atoms with van der Waals surface area (Å²) in [5, 5.41) is 30.2. The molecule has 1 aromatic carbocycles. The number of ether oxygens (including phenoxy) is 1. The summed E-state index contributed by atoms with van der Waals surface area (Å²) < 4.78 is 7.08. The van der Waals surface area contributed by atoms with Crippen LogP contribution in [-0.2, 0) is 4.74 Å². The molecule has 4 atom stereocenters. The molecular weight excluding hydrogens is 294 g/mol. The molecule has 4 unspecified atom stereocenters. The van der Waals surface area contributed by atoms with Gasteiger partial charge in [-0.25, -0.2) is 4.98 Å². The molecule has 5 N–H and O–H groups in total. The van der Waals surface area contributed by atoms with Crippen molar-refractivity contribution in [3.05, 3.63) is 29.0 Å². The molecule has 2 heterocycles. The number of aliphatic hydroxyl groups excluding tert-OH is 3. The first-order valence-corrected chi connectivity index (χ1v) is 6.84. The molecule has 0 amide bonds. The number of hydrogen-bond acceptors (Lipinski definition) is 7. The highest BCUT2D eigenvalue weighted by Gasteiger charge is 2.39. The molecule has 0 bridgehead atoms. The van der Waals surface area contributed by atoms with Gasteiger partial charge in [-0.2, -0.15) is 0 Å². The van der Waals surface area contributed by atoms with Crippen LogP contribution in [0, 0.1) is 4.77 Å². The van der Waals surface area contributed by atoms with E-state index in [1.807, 2.05) is 6.07 Å². The maximum Gasteiger partial charge on any atom is 0.204 e. The summed E-state index contributed by atoms with van der Waals surface area (Å²) in [5.74, 6) is 0.290. The number of rotatable bonds is 1. The van der Waals surface area contributed by atoms with Gasteiger partial charge < -0.3 is 25.8 Å². The van der Waals surface area contributed by atoms with Crippen molar-refractivity contribution in [1.29, 1.82) is 0 Å². The molecule has 112 valence electrons. The van der Waals surface area contributed by atoms with Gasteiger partial charge in [0.05, 0.1) is 12.1 Å². The van der Waals surface area contributed by atoms with Gasteiger partial charge in [-0.1, -0.05) is 12.1 Å². The molecule has 0 saturated carbocycles. The van der Waals surface area contributed by atoms with E-state index in [-0.39, 0.29) is 17.2 Å². The zero-order chi connectivity index (χ0) is 15.1. The van der Waals surface area contributed by atoms with Crippen LogP contribution >= 0.6 is 12.2 Å². The van der Waals surface area contributed by atoms with Crippen LogP contribution in [0.3, 0.4) is 0 Å². The molecule has 1 aliphatic rings. The molecule has 1 saturated heterocycles. The zero-order valence-electron chi connectivity index (χ0n) is 11.0. The van der Waals surface area contributed by atoms with Crippen LogP contribution in [0.1, 0.15) is 6.23 Å². The van der Waals surface area contributed by atoms with E-state index in [0.717, 1.165) is 0 Å². The number of hydrogen-bond donors (Lipinski definition) is 4. The summed E-state index contributed by atoms with van der Waals surface area (Å²) in [7, 11) is 0. The van der Waals surface area contributed by atoms with Crippen LogP contribution in [0.2, 0.25) is 0 Å². The normalized spacial score (nSPS) is 29.7. The minimum Gasteiger partial charge on any atom is -0.388 e. The Morgan fingerprint density at radius 2 is 1.95 bits per heavy atom. The van der Waals surface area contributed by atoms with E-state index in [1.165, 1.54) is 4.57 Å². The van der Waals surface area contributed by atoms with Gasteiger partial charge in [-0.15, -0.1) is 0 Å². The van der Waals surface area contributed by atoms with Gasteiger partial charge in [0, 0.05) is 5.39 Å². The number of anilines is 1. The lowest BCUT2D eigenvalue weighted by Crippen LogP contribution is -2.50. The van der Waals surface area contributed by atoms with Crippen molar-refractivity contribution in [3.8, 4) is 0 Å². The molecule has 21 heavy (non-hydrogen) atoms. The first kappa shape index (κ1) is 14.4. The van der Waals surface area contributed by atoms with E-state index in [9.17, 15) is 15.3 Å². The number of aliphatic hydroxyl groups is 3. The van der Waals surface area contributed by atoms with Crippen LogP contribution in [0.4, 0.5) is 5.82 Å². The fourth-order valence-electron chi connectivity index (χ4n) is 2.48. The Kier molecular flexibility index (Phi) is 3.64. The van der Waals surface area contributed by atoms with E-state index in [2.05, 4.69) is 4.98 Å². The Morgan fingerprint density at radius 3 is 2.71 bits per heavy atom. The van der Waals surface area contributed by atoms with Crippen molar-refractivity contribution in [3.63, 3.8) is 0 Å². The first-order valence-electron chi connectivity index (χ1n) is 6.43. The standard InChI is InChI=1S/C13H15N3O4S/c14-11-6-3-1-2-4-7(6)16(13(21)15-11)12-10(19)9(18)8(17)5-20-12/h1-4,8-10,12,17-19H,5H2,(H2,14,15,21). The Hall–Kier alpha value is -1.58. The van der Waals surface area contributed by atoms with Crippen molar-refractivity contribution in [2.45, 2.75) is 24.5 Å². The van der Waals surface area contributed by atoms with Crippen molar-refractivity contribution in [2.24, 2.45) is 0 Å². The van der Waals surface area contributed by atoms with Gasteiger partial charge >= 0.3 is 0 Å². The van der Waals surface area contributed by atoms with E-state index in [1.54, 1.807) is 18.2 Å². The second-order valence-corrected chi connectivity index (χ2v) is 5.30. The monoisotopic (exact) mass is 309 g/mol. The van der Waals surface area contributed by atoms with Gasteiger partial charge in [-0.05, 0) is 24.4 Å². The second-order valence-electron chi connectivity index (χ2n) is 4.94. The van der Waals surface area contributed by atoms with E-state index >= 15 is 0 Å². The highest BCUT2D eigenvalue weighted by molar-refractivity contribution is 7.71. The molecule has 8 heteroatoms. The fraction of sp³-hybridized carbons (Fsp3) is 0.385. The zero-order valence-corrected chi connectivity index (χ0v) is 11.8. The molecule has 0 radical (unpaired) electrons. The summed E-state index contributed by atoms with van der Waals surface area (Å²) in [5.41, 5.74) is 6.50. The topological polar surface area (TPSA) is 114 Å². The number of fused-ring (bicyclic) bond motifs is 1. The fourth-order valence-corrected chi connectivity index (χ4v) is 2.78. The highest BCUT2D eigenvalue weighted by atomic mass is 32.1. The van der Waals surface area contributed by atoms with E-state index < -0.39 is 24.5 Å². The van der Waals surface area contributed by atoms with Gasteiger partial charge in [0.15, 0.2) is 6.23 Å². The Morgan fingerprint density at radius 1 is 1.24 bits per heavy atom. The third-order valence-corrected chi connectivity index (χ3v) is 3.88. The third kappa shape index (κ3) is 2.30. The largest absolute Gasteiger partial charge is 0.388 e. The summed E-state index contributed by atoms with van der Waals surface area (Å²) in [6.07, 6.45) is -4.72. The van der Waals surface area contributed by atoms with Crippen molar-refractivity contribution >= 4 is 28.9 Å². The molecule has 0 aliphatic carbocycles. The minimum atomic E-state index is -1.32. The minimum absolute atomic E-state index is 0.108. The van der Waals surface area contributed by atoms with Crippen LogP contribution in [0.5, 0.6) is 0 Å². The average molecular weight is 309 g/mol. The van der Waals surface area contributed by atoms with Crippen LogP contribution in [0.15, 0.2) is 24.3 Å². The number of para-hydroxylation sites is 1. The number of nitrogen functional groups attached to an aromatic ring is 1. The average Bonchev–Trinajstić information content (AvgIpc) is 2.47. The maximum atomic E-state index is 10.2. The summed E-state index contributed by atoms with van der Waals surface area (Å²) >= 11 is 5.21. The Bertz CT molecular complexity index is 735. The number of nitrogens with two attached hydrogens (primary N) is 1. The van der Waals surface area contributed by atoms with Gasteiger partial charge in [0.1, 0.15) is 24.1 Å². The predicted molar refractivity (Wildman–Crippen MR) is 78.0 cm³/mol. The van der Waals surface area contributed by atoms with Gasteiger partial charge in [0.25, 0.3) is 0 Å². The highest BCUT2D eigenvalue weighted by Crippen LogP contribution is 2.29. The van der Waals surface area contributed by atoms with E-state index in [4.69, 9.17) is 22.7 Å². The third-order valence-electron chi connectivity index (χ3n) is 3.59. The van der Waals surface area contributed by atoms with Crippen LogP contribution in [-0.4, -0.2) is 49.8 Å². The van der Waals surface area contributed by atoms with Crippen molar-refractivity contribution in [2.75, 3.05) is 12.3 Å². The summed E-state index contributed by atoms with van der Waals surface area (Å²) in [6.45, 7) is -0.108. The lowest BCUT2D eigenvalue weighted by atomic mass is 10.0.